The number of carbonyl (C=O) groups excluding carboxylic acids is 3. The molecule has 40 heavy (non-hydrogen) atoms. The second-order valence-electron chi connectivity index (χ2n) is 10.3. The Balaban J connectivity index is 1.37. The first-order valence-corrected chi connectivity index (χ1v) is 14.0. The fraction of sp³-hybridized carbons (Fsp3) is 0.265. The van der Waals surface area contributed by atoms with E-state index in [0.717, 1.165) is 33.2 Å². The highest BCUT2D eigenvalue weighted by molar-refractivity contribution is 6.25. The van der Waals surface area contributed by atoms with Crippen LogP contribution in [0.4, 0.5) is 5.69 Å². The zero-order chi connectivity index (χ0) is 28.1. The van der Waals surface area contributed by atoms with Gasteiger partial charge in [-0.1, -0.05) is 78.9 Å². The van der Waals surface area contributed by atoms with Crippen molar-refractivity contribution in [1.82, 2.24) is 10.2 Å². The minimum Gasteiger partial charge on any atom is -0.355 e. The SMILES string of the molecule is CCNC(=O)[C@@H](Cc1ccccc1)N(Cc1ccccc1C)C(=O)CCCN1C(=O)c2cccc3cccc1c23. The van der Waals surface area contributed by atoms with Gasteiger partial charge in [0.1, 0.15) is 6.04 Å². The van der Waals surface area contributed by atoms with E-state index in [4.69, 9.17) is 0 Å². The Bertz CT molecular complexity index is 1530. The van der Waals surface area contributed by atoms with Gasteiger partial charge in [0.25, 0.3) is 5.91 Å². The van der Waals surface area contributed by atoms with Crippen molar-refractivity contribution in [3.8, 4) is 0 Å². The Hall–Kier alpha value is -4.45. The Morgan fingerprint density at radius 2 is 1.62 bits per heavy atom. The summed E-state index contributed by atoms with van der Waals surface area (Å²) in [6, 6.07) is 28.8. The van der Waals surface area contributed by atoms with Crippen molar-refractivity contribution in [2.75, 3.05) is 18.0 Å². The van der Waals surface area contributed by atoms with E-state index >= 15 is 0 Å². The van der Waals surface area contributed by atoms with Crippen LogP contribution < -0.4 is 10.2 Å². The number of amides is 3. The van der Waals surface area contributed by atoms with Crippen molar-refractivity contribution in [3.63, 3.8) is 0 Å². The van der Waals surface area contributed by atoms with Gasteiger partial charge < -0.3 is 15.1 Å². The highest BCUT2D eigenvalue weighted by atomic mass is 16.2. The summed E-state index contributed by atoms with van der Waals surface area (Å²) in [6.45, 7) is 5.17. The van der Waals surface area contributed by atoms with E-state index in [1.54, 1.807) is 9.80 Å². The lowest BCUT2D eigenvalue weighted by atomic mass is 10.0. The van der Waals surface area contributed by atoms with Gasteiger partial charge in [-0.15, -0.1) is 0 Å². The van der Waals surface area contributed by atoms with E-state index in [1.165, 1.54) is 0 Å². The molecule has 0 aromatic heterocycles. The molecule has 4 aromatic rings. The van der Waals surface area contributed by atoms with Crippen LogP contribution in [0.25, 0.3) is 10.8 Å². The third-order valence-electron chi connectivity index (χ3n) is 7.65. The van der Waals surface area contributed by atoms with Crippen LogP contribution in [0.5, 0.6) is 0 Å². The van der Waals surface area contributed by atoms with Gasteiger partial charge in [0.2, 0.25) is 11.8 Å². The summed E-state index contributed by atoms with van der Waals surface area (Å²) in [5.74, 6) is -0.289. The second kappa shape index (κ2) is 12.2. The number of benzene rings is 4. The topological polar surface area (TPSA) is 69.7 Å². The molecule has 1 N–H and O–H groups in total. The summed E-state index contributed by atoms with van der Waals surface area (Å²) in [6.07, 6.45) is 1.14. The summed E-state index contributed by atoms with van der Waals surface area (Å²) in [7, 11) is 0. The first-order chi connectivity index (χ1) is 19.5. The van der Waals surface area contributed by atoms with Gasteiger partial charge in [-0.2, -0.15) is 0 Å². The maximum Gasteiger partial charge on any atom is 0.258 e. The standard InChI is InChI=1S/C34H35N3O3/c1-3-35-33(39)30(22-25-13-5-4-6-14-25)37(23-27-15-8-7-12-24(27)2)31(38)20-11-21-36-29-19-10-17-26-16-9-18-28(32(26)29)34(36)40/h4-10,12-19,30H,3,11,20-23H2,1-2H3,(H,35,39)/t30-/m1/s1. The van der Waals surface area contributed by atoms with Gasteiger partial charge in [-0.25, -0.2) is 0 Å². The molecular formula is C34H35N3O3. The first kappa shape index (κ1) is 27.1. The maximum atomic E-state index is 13.9. The van der Waals surface area contributed by atoms with Crippen molar-refractivity contribution < 1.29 is 14.4 Å². The number of anilines is 1. The second-order valence-corrected chi connectivity index (χ2v) is 10.3. The van der Waals surface area contributed by atoms with E-state index in [0.29, 0.717) is 38.0 Å². The molecule has 3 amide bonds. The van der Waals surface area contributed by atoms with Crippen LogP contribution in [0.1, 0.15) is 46.8 Å². The lowest BCUT2D eigenvalue weighted by Crippen LogP contribution is -2.50. The average molecular weight is 534 g/mol. The van der Waals surface area contributed by atoms with Gasteiger partial charge in [0.05, 0.1) is 5.69 Å². The van der Waals surface area contributed by atoms with Gasteiger partial charge >= 0.3 is 0 Å². The van der Waals surface area contributed by atoms with Crippen LogP contribution in [-0.4, -0.2) is 41.8 Å². The van der Waals surface area contributed by atoms with Crippen LogP contribution in [-0.2, 0) is 22.6 Å². The first-order valence-electron chi connectivity index (χ1n) is 14.0. The zero-order valence-electron chi connectivity index (χ0n) is 23.1. The molecule has 6 nitrogen and oxygen atoms in total. The van der Waals surface area contributed by atoms with Gasteiger partial charge in [0, 0.05) is 43.4 Å². The Labute approximate surface area is 235 Å². The maximum absolute atomic E-state index is 13.9. The summed E-state index contributed by atoms with van der Waals surface area (Å²) in [4.78, 5) is 44.0. The number of likely N-dealkylation sites (N-methyl/N-ethyl adjacent to an activating group) is 1. The molecule has 0 radical (unpaired) electrons. The molecule has 0 unspecified atom stereocenters. The van der Waals surface area contributed by atoms with Gasteiger partial charge in [-0.05, 0) is 54.5 Å². The molecule has 1 heterocycles. The predicted octanol–water partition coefficient (Wildman–Crippen LogP) is 5.66. The van der Waals surface area contributed by atoms with E-state index in [1.807, 2.05) is 105 Å². The minimum atomic E-state index is -0.652. The average Bonchev–Trinajstić information content (AvgIpc) is 3.24. The summed E-state index contributed by atoms with van der Waals surface area (Å²) < 4.78 is 0. The predicted molar refractivity (Wildman–Crippen MR) is 159 cm³/mol. The molecule has 1 aliphatic heterocycles. The largest absolute Gasteiger partial charge is 0.355 e. The van der Waals surface area contributed by atoms with Crippen LogP contribution >= 0.6 is 0 Å². The molecule has 0 aliphatic carbocycles. The van der Waals surface area contributed by atoms with Crippen LogP contribution in [0.15, 0.2) is 91.0 Å². The molecule has 0 fully saturated rings. The van der Waals surface area contributed by atoms with Crippen LogP contribution in [0.2, 0.25) is 0 Å². The van der Waals surface area contributed by atoms with Crippen molar-refractivity contribution in [1.29, 1.82) is 0 Å². The molecule has 0 saturated heterocycles. The molecule has 0 bridgehead atoms. The Morgan fingerprint density at radius 3 is 2.38 bits per heavy atom. The Morgan fingerprint density at radius 1 is 0.900 bits per heavy atom. The lowest BCUT2D eigenvalue weighted by molar-refractivity contribution is -0.141. The normalized spacial score (nSPS) is 12.9. The van der Waals surface area contributed by atoms with Crippen molar-refractivity contribution in [2.45, 2.75) is 45.7 Å². The lowest BCUT2D eigenvalue weighted by Gasteiger charge is -2.32. The Kier molecular flexibility index (Phi) is 8.25. The molecule has 4 aromatic carbocycles. The van der Waals surface area contributed by atoms with Gasteiger partial charge in [0.15, 0.2) is 0 Å². The summed E-state index contributed by atoms with van der Waals surface area (Å²) in [5.41, 5.74) is 4.68. The molecule has 0 saturated carbocycles. The number of nitrogens with zero attached hydrogens (tertiary/aromatic N) is 2. The molecule has 1 atom stereocenters. The number of hydrogen-bond acceptors (Lipinski definition) is 3. The van der Waals surface area contributed by atoms with Crippen molar-refractivity contribution >= 4 is 34.2 Å². The fourth-order valence-electron chi connectivity index (χ4n) is 5.55. The van der Waals surface area contributed by atoms with Crippen LogP contribution in [0, 0.1) is 6.92 Å². The number of hydrogen-bond donors (Lipinski definition) is 1. The smallest absolute Gasteiger partial charge is 0.258 e. The third kappa shape index (κ3) is 5.62. The number of aryl methyl sites for hydroxylation is 1. The van der Waals surface area contributed by atoms with Crippen molar-refractivity contribution in [2.24, 2.45) is 0 Å². The molecule has 0 spiro atoms. The van der Waals surface area contributed by atoms with Gasteiger partial charge in [-0.3, -0.25) is 14.4 Å². The van der Waals surface area contributed by atoms with Crippen molar-refractivity contribution in [3.05, 3.63) is 113 Å². The van der Waals surface area contributed by atoms with E-state index in [2.05, 4.69) is 5.32 Å². The van der Waals surface area contributed by atoms with E-state index < -0.39 is 6.04 Å². The van der Waals surface area contributed by atoms with E-state index in [9.17, 15) is 14.4 Å². The third-order valence-corrected chi connectivity index (χ3v) is 7.65. The summed E-state index contributed by atoms with van der Waals surface area (Å²) >= 11 is 0. The molecular weight excluding hydrogens is 498 g/mol. The highest BCUT2D eigenvalue weighted by Gasteiger charge is 2.32. The summed E-state index contributed by atoms with van der Waals surface area (Å²) in [5, 5.41) is 4.96. The monoisotopic (exact) mass is 533 g/mol. The van der Waals surface area contributed by atoms with E-state index in [-0.39, 0.29) is 24.1 Å². The molecule has 204 valence electrons. The zero-order valence-corrected chi connectivity index (χ0v) is 23.1. The highest BCUT2D eigenvalue weighted by Crippen LogP contribution is 2.37. The number of carbonyl (C=O) groups is 3. The number of nitrogens with one attached hydrogen (secondary N) is 1. The molecule has 1 aliphatic rings. The van der Waals surface area contributed by atoms with Crippen LogP contribution in [0.3, 0.4) is 0 Å². The minimum absolute atomic E-state index is 0.0275. The number of rotatable bonds is 11. The molecule has 6 heteroatoms. The fourth-order valence-corrected chi connectivity index (χ4v) is 5.55. The quantitative estimate of drug-likeness (QED) is 0.270. The molecule has 5 rings (SSSR count).